The van der Waals surface area contributed by atoms with Gasteiger partial charge in [0.1, 0.15) is 4.47 Å². The topological polar surface area (TPSA) is 77.3 Å². The Hall–Kier alpha value is -0.870. The molecule has 0 aliphatic rings. The lowest BCUT2D eigenvalue weighted by Gasteiger charge is -2.12. The van der Waals surface area contributed by atoms with Gasteiger partial charge in [0.15, 0.2) is 0 Å². The van der Waals surface area contributed by atoms with Crippen LogP contribution in [0.15, 0.2) is 21.5 Å². The Balaban J connectivity index is 3.80. The van der Waals surface area contributed by atoms with Gasteiger partial charge in [-0.1, -0.05) is 0 Å². The van der Waals surface area contributed by atoms with E-state index in [-0.39, 0.29) is 0 Å². The molecule has 0 radical (unpaired) electrons. The molecular formula is C7H2BrClF3NO4S. The number of nitrogens with zero attached hydrogens (tertiary/aromatic N) is 1. The summed E-state index contributed by atoms with van der Waals surface area (Å²) in [6.45, 7) is 0. The monoisotopic (exact) mass is 367 g/mol. The van der Waals surface area contributed by atoms with Gasteiger partial charge in [-0.05, 0) is 22.0 Å². The molecule has 1 aromatic rings. The second-order valence-electron chi connectivity index (χ2n) is 2.96. The Kier molecular flexibility index (Phi) is 3.94. The summed E-state index contributed by atoms with van der Waals surface area (Å²) in [6, 6.07) is 1.06. The molecule has 0 bridgehead atoms. The summed E-state index contributed by atoms with van der Waals surface area (Å²) in [6.07, 6.45) is -5.11. The van der Waals surface area contributed by atoms with Crippen molar-refractivity contribution >= 4 is 41.4 Å². The third-order valence-electron chi connectivity index (χ3n) is 1.83. The fourth-order valence-corrected chi connectivity index (χ4v) is 3.08. The predicted octanol–water partition coefficient (Wildman–Crippen LogP) is 3.30. The van der Waals surface area contributed by atoms with Crippen LogP contribution in [0.3, 0.4) is 0 Å². The molecule has 0 saturated carbocycles. The average Bonchev–Trinajstić information content (AvgIpc) is 2.12. The van der Waals surface area contributed by atoms with Crippen molar-refractivity contribution in [2.24, 2.45) is 0 Å². The molecule has 0 N–H and O–H groups in total. The first-order valence-corrected chi connectivity index (χ1v) is 7.05. The number of benzene rings is 1. The molecule has 0 aliphatic heterocycles. The standard InChI is InChI=1S/C7H2BrClF3NO4S/c8-6-3(13(14)15)1-2-4(18(9,16)17)5(6)7(10,11)12/h1-2H. The van der Waals surface area contributed by atoms with Crippen molar-refractivity contribution in [2.75, 3.05) is 0 Å². The van der Waals surface area contributed by atoms with E-state index < -0.39 is 40.8 Å². The number of halogens is 5. The van der Waals surface area contributed by atoms with Crippen LogP contribution >= 0.6 is 26.6 Å². The smallest absolute Gasteiger partial charge is 0.258 e. The predicted molar refractivity (Wildman–Crippen MR) is 58.8 cm³/mol. The summed E-state index contributed by atoms with van der Waals surface area (Å²) in [5.74, 6) is 0. The molecule has 0 spiro atoms. The van der Waals surface area contributed by atoms with Crippen LogP contribution in [-0.2, 0) is 15.2 Å². The van der Waals surface area contributed by atoms with Gasteiger partial charge < -0.3 is 0 Å². The van der Waals surface area contributed by atoms with E-state index in [0.29, 0.717) is 12.1 Å². The lowest BCUT2D eigenvalue weighted by atomic mass is 10.2. The summed E-state index contributed by atoms with van der Waals surface area (Å²) >= 11 is 2.38. The van der Waals surface area contributed by atoms with Crippen molar-refractivity contribution < 1.29 is 26.5 Å². The van der Waals surface area contributed by atoms with Gasteiger partial charge in [-0.15, -0.1) is 0 Å². The van der Waals surface area contributed by atoms with Crippen molar-refractivity contribution in [3.05, 3.63) is 32.3 Å². The zero-order valence-corrected chi connectivity index (χ0v) is 11.2. The van der Waals surface area contributed by atoms with Crippen molar-refractivity contribution in [1.82, 2.24) is 0 Å². The molecule has 100 valence electrons. The molecule has 11 heteroatoms. The van der Waals surface area contributed by atoms with Gasteiger partial charge in [-0.3, -0.25) is 10.1 Å². The van der Waals surface area contributed by atoms with Gasteiger partial charge >= 0.3 is 6.18 Å². The summed E-state index contributed by atoms with van der Waals surface area (Å²) in [5, 5.41) is 10.5. The zero-order valence-electron chi connectivity index (χ0n) is 8.03. The zero-order chi connectivity index (χ0) is 14.3. The maximum Gasteiger partial charge on any atom is 0.419 e. The SMILES string of the molecule is O=[N+]([O-])c1ccc(S(=O)(=O)Cl)c(C(F)(F)F)c1Br. The number of hydrogen-bond donors (Lipinski definition) is 0. The van der Waals surface area contributed by atoms with Crippen LogP contribution in [0.25, 0.3) is 0 Å². The Morgan fingerprint density at radius 2 is 1.83 bits per heavy atom. The van der Waals surface area contributed by atoms with E-state index >= 15 is 0 Å². The molecule has 0 aliphatic carbocycles. The first kappa shape index (κ1) is 15.2. The van der Waals surface area contributed by atoms with E-state index in [9.17, 15) is 31.7 Å². The molecule has 0 unspecified atom stereocenters. The Bertz CT molecular complexity index is 616. The molecule has 0 heterocycles. The van der Waals surface area contributed by atoms with Crippen LogP contribution in [0, 0.1) is 10.1 Å². The molecule has 1 aromatic carbocycles. The summed E-state index contributed by atoms with van der Waals surface area (Å²) in [4.78, 5) is 8.17. The highest BCUT2D eigenvalue weighted by molar-refractivity contribution is 9.10. The summed E-state index contributed by atoms with van der Waals surface area (Å²) < 4.78 is 59.2. The van der Waals surface area contributed by atoms with Gasteiger partial charge in [-0.25, -0.2) is 8.42 Å². The van der Waals surface area contributed by atoms with Crippen molar-refractivity contribution in [1.29, 1.82) is 0 Å². The number of nitro benzene ring substituents is 1. The first-order valence-electron chi connectivity index (χ1n) is 3.95. The normalized spacial score (nSPS) is 12.5. The molecule has 1 rings (SSSR count). The summed E-state index contributed by atoms with van der Waals surface area (Å²) in [7, 11) is 0.173. The number of rotatable bonds is 2. The Morgan fingerprint density at radius 3 is 2.17 bits per heavy atom. The minimum absolute atomic E-state index is 0.439. The lowest BCUT2D eigenvalue weighted by Crippen LogP contribution is -2.13. The van der Waals surface area contributed by atoms with Gasteiger partial charge in [0.25, 0.3) is 14.7 Å². The molecule has 0 amide bonds. The largest absolute Gasteiger partial charge is 0.419 e. The van der Waals surface area contributed by atoms with Crippen molar-refractivity contribution in [2.45, 2.75) is 11.1 Å². The number of nitro groups is 1. The average molecular weight is 369 g/mol. The fraction of sp³-hybridized carbons (Fsp3) is 0.143. The van der Waals surface area contributed by atoms with Crippen LogP contribution in [-0.4, -0.2) is 13.3 Å². The van der Waals surface area contributed by atoms with Crippen LogP contribution in [0.4, 0.5) is 18.9 Å². The number of hydrogen-bond acceptors (Lipinski definition) is 4. The highest BCUT2D eigenvalue weighted by Crippen LogP contribution is 2.43. The maximum absolute atomic E-state index is 12.7. The molecule has 5 nitrogen and oxygen atoms in total. The van der Waals surface area contributed by atoms with E-state index in [1.54, 1.807) is 0 Å². The van der Waals surface area contributed by atoms with Gasteiger partial charge in [0, 0.05) is 16.7 Å². The lowest BCUT2D eigenvalue weighted by molar-refractivity contribution is -0.386. The molecule has 0 saturated heterocycles. The number of alkyl halides is 3. The van der Waals surface area contributed by atoms with Crippen LogP contribution in [0.5, 0.6) is 0 Å². The molecule has 0 atom stereocenters. The third kappa shape index (κ3) is 2.93. The highest BCUT2D eigenvalue weighted by Gasteiger charge is 2.41. The second kappa shape index (κ2) is 4.67. The van der Waals surface area contributed by atoms with E-state index in [4.69, 9.17) is 10.7 Å². The van der Waals surface area contributed by atoms with E-state index in [2.05, 4.69) is 15.9 Å². The van der Waals surface area contributed by atoms with Gasteiger partial charge in [0.05, 0.1) is 15.4 Å². The highest BCUT2D eigenvalue weighted by atomic mass is 79.9. The van der Waals surface area contributed by atoms with E-state index in [0.717, 1.165) is 0 Å². The van der Waals surface area contributed by atoms with Gasteiger partial charge in [0.2, 0.25) is 0 Å². The fourth-order valence-electron chi connectivity index (χ4n) is 1.16. The quantitative estimate of drug-likeness (QED) is 0.456. The maximum atomic E-state index is 12.7. The third-order valence-corrected chi connectivity index (χ3v) is 3.99. The second-order valence-corrected chi connectivity index (χ2v) is 6.29. The van der Waals surface area contributed by atoms with Crippen molar-refractivity contribution in [3.8, 4) is 0 Å². The van der Waals surface area contributed by atoms with Crippen molar-refractivity contribution in [3.63, 3.8) is 0 Å². The first-order chi connectivity index (χ1) is 7.96. The Labute approximate surface area is 111 Å². The minimum Gasteiger partial charge on any atom is -0.258 e. The van der Waals surface area contributed by atoms with Crippen LogP contribution in [0.1, 0.15) is 5.56 Å². The molecular weight excluding hydrogens is 366 g/mol. The Morgan fingerprint density at radius 1 is 1.33 bits per heavy atom. The molecule has 0 aromatic heterocycles. The van der Waals surface area contributed by atoms with Gasteiger partial charge in [-0.2, -0.15) is 13.2 Å². The summed E-state index contributed by atoms with van der Waals surface area (Å²) in [5.41, 5.74) is -2.61. The van der Waals surface area contributed by atoms with Crippen LogP contribution < -0.4 is 0 Å². The van der Waals surface area contributed by atoms with E-state index in [1.165, 1.54) is 0 Å². The minimum atomic E-state index is -5.11. The van der Waals surface area contributed by atoms with E-state index in [1.807, 2.05) is 0 Å². The van der Waals surface area contributed by atoms with Crippen LogP contribution in [0.2, 0.25) is 0 Å². The molecule has 18 heavy (non-hydrogen) atoms. The molecule has 0 fully saturated rings.